The smallest absolute Gasteiger partial charge is 0.178 e. The molecule has 1 aromatic heterocycles. The number of aryl methyl sites for hydroxylation is 2. The molecule has 100 valence electrons. The van der Waals surface area contributed by atoms with Crippen molar-refractivity contribution in [1.82, 2.24) is 0 Å². The average molecular weight is 282 g/mol. The molecule has 4 rings (SSSR count). The molecule has 0 bridgehead atoms. The molecular weight excluding hydrogens is 267 g/mol. The highest BCUT2D eigenvalue weighted by atomic mass is 31.1. The second-order valence-corrected chi connectivity index (χ2v) is 7.03. The third-order valence-electron chi connectivity index (χ3n) is 3.77. The van der Waals surface area contributed by atoms with Gasteiger partial charge in [-0.1, -0.05) is 23.8 Å². The van der Waals surface area contributed by atoms with E-state index in [-0.39, 0.29) is 0 Å². The highest BCUT2D eigenvalue weighted by Crippen LogP contribution is 2.51. The number of hydrogen-bond acceptors (Lipinski definition) is 2. The molecular formula is C17H15O2P. The van der Waals surface area contributed by atoms with E-state index in [9.17, 15) is 0 Å². The van der Waals surface area contributed by atoms with Crippen LogP contribution in [0.25, 0.3) is 22.3 Å². The lowest BCUT2D eigenvalue weighted by molar-refractivity contribution is 0.579. The van der Waals surface area contributed by atoms with Gasteiger partial charge in [0.25, 0.3) is 0 Å². The van der Waals surface area contributed by atoms with Crippen molar-refractivity contribution in [3.8, 4) is 17.1 Å². The van der Waals surface area contributed by atoms with Gasteiger partial charge in [-0.25, -0.2) is 0 Å². The van der Waals surface area contributed by atoms with Gasteiger partial charge in [0.15, 0.2) is 11.5 Å². The van der Waals surface area contributed by atoms with Crippen molar-refractivity contribution in [2.24, 2.45) is 0 Å². The van der Waals surface area contributed by atoms with Crippen LogP contribution in [-0.2, 0) is 0 Å². The minimum atomic E-state index is -0.625. The standard InChI is InChI=1S/C17H15O2P/c1-10-4-6-12-14(8-10)18-16-13-7-5-11(2)9-15(13)20(3)19-17(12)16/h4-9H,1-3H3. The fourth-order valence-electron chi connectivity index (χ4n) is 2.73. The molecule has 3 heteroatoms. The van der Waals surface area contributed by atoms with E-state index in [0.29, 0.717) is 0 Å². The van der Waals surface area contributed by atoms with Gasteiger partial charge in [0.1, 0.15) is 13.7 Å². The van der Waals surface area contributed by atoms with Crippen molar-refractivity contribution >= 4 is 24.4 Å². The summed E-state index contributed by atoms with van der Waals surface area (Å²) in [7, 11) is -0.625. The molecule has 20 heavy (non-hydrogen) atoms. The molecule has 0 spiro atoms. The quantitative estimate of drug-likeness (QED) is 0.555. The SMILES string of the molecule is Cc1ccc2c(c1)P(C)Oc1c-2oc2cc(C)ccc12. The first-order chi connectivity index (χ1) is 9.63. The first kappa shape index (κ1) is 12.0. The second-order valence-electron chi connectivity index (χ2n) is 5.37. The largest absolute Gasteiger partial charge is 0.465 e. The summed E-state index contributed by atoms with van der Waals surface area (Å²) in [5, 5.41) is 2.34. The Hall–Kier alpha value is -1.79. The Kier molecular flexibility index (Phi) is 2.46. The van der Waals surface area contributed by atoms with Crippen molar-refractivity contribution in [3.63, 3.8) is 0 Å². The van der Waals surface area contributed by atoms with Gasteiger partial charge in [0.05, 0.1) is 5.39 Å². The normalized spacial score (nSPS) is 16.6. The predicted molar refractivity (Wildman–Crippen MR) is 84.2 cm³/mol. The van der Waals surface area contributed by atoms with E-state index in [4.69, 9.17) is 8.94 Å². The van der Waals surface area contributed by atoms with Crippen molar-refractivity contribution < 1.29 is 8.94 Å². The zero-order valence-electron chi connectivity index (χ0n) is 11.7. The van der Waals surface area contributed by atoms with Gasteiger partial charge in [0, 0.05) is 10.9 Å². The Balaban J connectivity index is 2.06. The molecule has 1 aliphatic rings. The zero-order chi connectivity index (χ0) is 13.9. The molecule has 1 unspecified atom stereocenters. The molecule has 0 saturated carbocycles. The number of furan rings is 1. The molecule has 2 aromatic carbocycles. The molecule has 2 nitrogen and oxygen atoms in total. The van der Waals surface area contributed by atoms with Gasteiger partial charge in [0.2, 0.25) is 0 Å². The van der Waals surface area contributed by atoms with Gasteiger partial charge < -0.3 is 8.94 Å². The third-order valence-corrected chi connectivity index (χ3v) is 5.27. The van der Waals surface area contributed by atoms with Crippen LogP contribution in [-0.4, -0.2) is 6.66 Å². The molecule has 0 amide bonds. The van der Waals surface area contributed by atoms with Crippen molar-refractivity contribution in [3.05, 3.63) is 47.5 Å². The lowest BCUT2D eigenvalue weighted by Gasteiger charge is -2.22. The van der Waals surface area contributed by atoms with Gasteiger partial charge in [-0.3, -0.25) is 0 Å². The van der Waals surface area contributed by atoms with E-state index < -0.39 is 8.15 Å². The fraction of sp³-hybridized carbons (Fsp3) is 0.176. The maximum Gasteiger partial charge on any atom is 0.178 e. The average Bonchev–Trinajstić information content (AvgIpc) is 2.76. The highest BCUT2D eigenvalue weighted by molar-refractivity contribution is 7.61. The molecule has 1 atom stereocenters. The van der Waals surface area contributed by atoms with Crippen LogP contribution in [0.4, 0.5) is 0 Å². The summed E-state index contributed by atoms with van der Waals surface area (Å²) in [6, 6.07) is 12.8. The molecule has 0 N–H and O–H groups in total. The van der Waals surface area contributed by atoms with Crippen molar-refractivity contribution in [2.75, 3.05) is 6.66 Å². The van der Waals surface area contributed by atoms with Crippen molar-refractivity contribution in [1.29, 1.82) is 0 Å². The van der Waals surface area contributed by atoms with E-state index in [0.717, 1.165) is 22.5 Å². The summed E-state index contributed by atoms with van der Waals surface area (Å²) < 4.78 is 12.2. The maximum atomic E-state index is 6.18. The summed E-state index contributed by atoms with van der Waals surface area (Å²) in [5.74, 6) is 1.78. The summed E-state index contributed by atoms with van der Waals surface area (Å²) in [6.07, 6.45) is 0. The summed E-state index contributed by atoms with van der Waals surface area (Å²) in [4.78, 5) is 0. The van der Waals surface area contributed by atoms with Gasteiger partial charge in [-0.15, -0.1) is 0 Å². The topological polar surface area (TPSA) is 22.4 Å². The molecule has 0 radical (unpaired) electrons. The van der Waals surface area contributed by atoms with Crippen molar-refractivity contribution in [2.45, 2.75) is 13.8 Å². The minimum Gasteiger partial charge on any atom is -0.465 e. The van der Waals surface area contributed by atoms with E-state index >= 15 is 0 Å². The van der Waals surface area contributed by atoms with Crippen LogP contribution in [0, 0.1) is 13.8 Å². The first-order valence-electron chi connectivity index (χ1n) is 6.69. The number of fused-ring (bicyclic) bond motifs is 5. The molecule has 0 aliphatic carbocycles. The van der Waals surface area contributed by atoms with E-state index in [1.807, 2.05) is 0 Å². The van der Waals surface area contributed by atoms with Gasteiger partial charge >= 0.3 is 0 Å². The van der Waals surface area contributed by atoms with Crippen LogP contribution in [0.2, 0.25) is 0 Å². The lowest BCUT2D eigenvalue weighted by atomic mass is 10.1. The van der Waals surface area contributed by atoms with E-state index in [1.54, 1.807) is 0 Å². The second kappa shape index (κ2) is 4.10. The molecule has 0 fully saturated rings. The van der Waals surface area contributed by atoms with Crippen LogP contribution >= 0.6 is 8.15 Å². The Bertz CT molecular complexity index is 832. The predicted octanol–water partition coefficient (Wildman–Crippen LogP) is 4.76. The van der Waals surface area contributed by atoms with Crippen LogP contribution in [0.5, 0.6) is 5.75 Å². The molecule has 1 aliphatic heterocycles. The summed E-state index contributed by atoms with van der Waals surface area (Å²) in [5.41, 5.74) is 4.55. The van der Waals surface area contributed by atoms with E-state index in [1.165, 1.54) is 22.0 Å². The minimum absolute atomic E-state index is 0.625. The first-order valence-corrected chi connectivity index (χ1v) is 8.40. The molecule has 2 heterocycles. The zero-order valence-corrected chi connectivity index (χ0v) is 12.6. The third kappa shape index (κ3) is 1.61. The van der Waals surface area contributed by atoms with Crippen LogP contribution in [0.15, 0.2) is 40.8 Å². The number of rotatable bonds is 0. The van der Waals surface area contributed by atoms with Crippen LogP contribution in [0.3, 0.4) is 0 Å². The Morgan fingerprint density at radius 2 is 1.70 bits per heavy atom. The fourth-order valence-corrected chi connectivity index (χ4v) is 4.18. The highest BCUT2D eigenvalue weighted by Gasteiger charge is 2.29. The van der Waals surface area contributed by atoms with Gasteiger partial charge in [-0.05, 0) is 44.3 Å². The maximum absolute atomic E-state index is 6.18. The monoisotopic (exact) mass is 282 g/mol. The van der Waals surface area contributed by atoms with E-state index in [2.05, 4.69) is 56.9 Å². The molecule has 3 aromatic rings. The molecule has 0 saturated heterocycles. The Morgan fingerprint density at radius 1 is 0.950 bits per heavy atom. The van der Waals surface area contributed by atoms with Crippen LogP contribution < -0.4 is 9.83 Å². The summed E-state index contributed by atoms with van der Waals surface area (Å²) >= 11 is 0. The van der Waals surface area contributed by atoms with Crippen LogP contribution in [0.1, 0.15) is 11.1 Å². The Morgan fingerprint density at radius 3 is 2.55 bits per heavy atom. The Labute approximate surface area is 119 Å². The lowest BCUT2D eigenvalue weighted by Crippen LogP contribution is -2.12. The number of hydrogen-bond donors (Lipinski definition) is 0. The number of benzene rings is 2. The van der Waals surface area contributed by atoms with Gasteiger partial charge in [-0.2, -0.15) is 0 Å². The summed E-state index contributed by atoms with van der Waals surface area (Å²) in [6.45, 7) is 6.34.